The zero-order chi connectivity index (χ0) is 13.5. The Balaban J connectivity index is 1.72. The van der Waals surface area contributed by atoms with E-state index in [9.17, 15) is 4.79 Å². The molecule has 1 fully saturated rings. The van der Waals surface area contributed by atoms with Crippen LogP contribution in [-0.4, -0.2) is 10.8 Å². The van der Waals surface area contributed by atoms with Crippen molar-refractivity contribution in [2.24, 2.45) is 0 Å². The number of benzene rings is 2. The van der Waals surface area contributed by atoms with Gasteiger partial charge in [0.1, 0.15) is 0 Å². The molecule has 3 aliphatic rings. The lowest BCUT2D eigenvalue weighted by Crippen LogP contribution is -2.48. The third-order valence-corrected chi connectivity index (χ3v) is 3.77. The molecule has 0 spiro atoms. The van der Waals surface area contributed by atoms with Crippen molar-refractivity contribution in [3.8, 4) is 0 Å². The van der Waals surface area contributed by atoms with Crippen molar-refractivity contribution >= 4 is 5.91 Å². The van der Waals surface area contributed by atoms with Gasteiger partial charge in [-0.25, -0.2) is 9.78 Å². The van der Waals surface area contributed by atoms with Crippen LogP contribution in [0.15, 0.2) is 54.6 Å². The Hall–Kier alpha value is -2.17. The molecular weight excluding hydrogens is 254 g/mol. The minimum Gasteiger partial charge on any atom is -0.303 e. The first kappa shape index (κ1) is 11.6. The van der Waals surface area contributed by atoms with E-state index in [4.69, 9.17) is 9.78 Å². The van der Waals surface area contributed by atoms with Crippen LogP contribution in [0.3, 0.4) is 0 Å². The SMILES string of the molecule is O=C1C2OOC(c3ccccc32)N1Cc1ccccc1. The van der Waals surface area contributed by atoms with Gasteiger partial charge in [-0.1, -0.05) is 54.6 Å². The lowest BCUT2D eigenvalue weighted by atomic mass is 9.94. The van der Waals surface area contributed by atoms with E-state index < -0.39 is 12.3 Å². The predicted molar refractivity (Wildman–Crippen MR) is 71.1 cm³/mol. The molecule has 3 heterocycles. The zero-order valence-electron chi connectivity index (χ0n) is 10.7. The molecule has 2 atom stereocenters. The van der Waals surface area contributed by atoms with Gasteiger partial charge in [0.05, 0.1) is 0 Å². The summed E-state index contributed by atoms with van der Waals surface area (Å²) >= 11 is 0. The van der Waals surface area contributed by atoms with Crippen molar-refractivity contribution in [3.05, 3.63) is 71.3 Å². The van der Waals surface area contributed by atoms with Crippen LogP contribution in [0.1, 0.15) is 29.0 Å². The monoisotopic (exact) mass is 267 g/mol. The molecule has 5 rings (SSSR count). The van der Waals surface area contributed by atoms with E-state index in [1.165, 1.54) is 0 Å². The summed E-state index contributed by atoms with van der Waals surface area (Å²) in [5.41, 5.74) is 3.01. The quantitative estimate of drug-likeness (QED) is 0.785. The van der Waals surface area contributed by atoms with Crippen molar-refractivity contribution in [2.45, 2.75) is 18.9 Å². The lowest BCUT2D eigenvalue weighted by Gasteiger charge is -2.43. The standard InChI is InChI=1S/C16H13NO3/c18-15-14-12-8-4-5-9-13(12)16(20-19-14)17(15)10-11-6-2-1-3-7-11/h1-9,14,16H,10H2. The number of hydrogen-bond donors (Lipinski definition) is 0. The Morgan fingerprint density at radius 2 is 1.60 bits per heavy atom. The number of amides is 1. The number of rotatable bonds is 2. The summed E-state index contributed by atoms with van der Waals surface area (Å²) in [4.78, 5) is 24.8. The molecule has 2 aromatic carbocycles. The summed E-state index contributed by atoms with van der Waals surface area (Å²) in [6.45, 7) is 0.526. The molecule has 0 aliphatic carbocycles. The van der Waals surface area contributed by atoms with Gasteiger partial charge in [-0.2, -0.15) is 0 Å². The number of carbonyl (C=O) groups is 1. The summed E-state index contributed by atoms with van der Waals surface area (Å²) in [6, 6.07) is 17.7. The highest BCUT2D eigenvalue weighted by molar-refractivity contribution is 5.85. The molecule has 1 saturated heterocycles. The molecule has 4 heteroatoms. The van der Waals surface area contributed by atoms with Crippen LogP contribution in [0.2, 0.25) is 0 Å². The van der Waals surface area contributed by atoms with Gasteiger partial charge in [-0.3, -0.25) is 4.79 Å². The van der Waals surface area contributed by atoms with Crippen LogP contribution in [-0.2, 0) is 21.1 Å². The van der Waals surface area contributed by atoms with E-state index in [0.717, 1.165) is 16.7 Å². The highest BCUT2D eigenvalue weighted by Gasteiger charge is 2.46. The van der Waals surface area contributed by atoms with E-state index >= 15 is 0 Å². The molecule has 1 amide bonds. The van der Waals surface area contributed by atoms with Crippen molar-refractivity contribution in [2.75, 3.05) is 0 Å². The minimum absolute atomic E-state index is 0.0381. The number of fused-ring (bicyclic) bond motifs is 2. The molecule has 4 nitrogen and oxygen atoms in total. The average Bonchev–Trinajstić information content (AvgIpc) is 2.52. The van der Waals surface area contributed by atoms with E-state index in [1.54, 1.807) is 4.90 Å². The smallest absolute Gasteiger partial charge is 0.262 e. The first-order chi connectivity index (χ1) is 9.84. The number of carbonyl (C=O) groups excluding carboxylic acids is 1. The normalized spacial score (nSPS) is 23.8. The van der Waals surface area contributed by atoms with Crippen molar-refractivity contribution in [1.82, 2.24) is 4.90 Å². The van der Waals surface area contributed by atoms with Crippen LogP contribution >= 0.6 is 0 Å². The van der Waals surface area contributed by atoms with Gasteiger partial charge in [-0.05, 0) is 5.56 Å². The van der Waals surface area contributed by atoms with Gasteiger partial charge >= 0.3 is 0 Å². The topological polar surface area (TPSA) is 38.8 Å². The van der Waals surface area contributed by atoms with E-state index in [-0.39, 0.29) is 5.91 Å². The lowest BCUT2D eigenvalue weighted by molar-refractivity contribution is -0.405. The fourth-order valence-electron chi connectivity index (χ4n) is 2.79. The van der Waals surface area contributed by atoms with Crippen LogP contribution in [0.5, 0.6) is 0 Å². The molecule has 0 aromatic heterocycles. The molecule has 3 aliphatic heterocycles. The molecule has 2 aromatic rings. The summed E-state index contributed by atoms with van der Waals surface area (Å²) in [7, 11) is 0. The van der Waals surface area contributed by atoms with Gasteiger partial charge < -0.3 is 4.90 Å². The average molecular weight is 267 g/mol. The molecule has 0 saturated carbocycles. The maximum absolute atomic E-state index is 12.5. The van der Waals surface area contributed by atoms with Gasteiger partial charge in [0.15, 0.2) is 12.3 Å². The van der Waals surface area contributed by atoms with Crippen LogP contribution in [0, 0.1) is 0 Å². The van der Waals surface area contributed by atoms with Gasteiger partial charge in [0.2, 0.25) is 0 Å². The Morgan fingerprint density at radius 3 is 2.40 bits per heavy atom. The fraction of sp³-hybridized carbons (Fsp3) is 0.188. The molecule has 2 bridgehead atoms. The van der Waals surface area contributed by atoms with Crippen molar-refractivity contribution in [1.29, 1.82) is 0 Å². The van der Waals surface area contributed by atoms with Crippen molar-refractivity contribution < 1.29 is 14.6 Å². The first-order valence-electron chi connectivity index (χ1n) is 6.60. The second-order valence-corrected chi connectivity index (χ2v) is 5.01. The zero-order valence-corrected chi connectivity index (χ0v) is 10.7. The Labute approximate surface area is 116 Å². The van der Waals surface area contributed by atoms with E-state index in [1.807, 2.05) is 54.6 Å². The van der Waals surface area contributed by atoms with E-state index in [0.29, 0.717) is 6.54 Å². The van der Waals surface area contributed by atoms with Gasteiger partial charge in [0, 0.05) is 17.7 Å². The fourth-order valence-corrected chi connectivity index (χ4v) is 2.79. The summed E-state index contributed by atoms with van der Waals surface area (Å²) in [5, 5.41) is 0. The van der Waals surface area contributed by atoms with Crippen LogP contribution in [0.4, 0.5) is 0 Å². The summed E-state index contributed by atoms with van der Waals surface area (Å²) in [6.07, 6.45) is -1.09. The largest absolute Gasteiger partial charge is 0.303 e. The predicted octanol–water partition coefficient (Wildman–Crippen LogP) is 2.73. The summed E-state index contributed by atoms with van der Waals surface area (Å²) in [5.74, 6) is -0.0381. The van der Waals surface area contributed by atoms with Gasteiger partial charge in [-0.15, -0.1) is 0 Å². The Bertz CT molecular complexity index is 656. The number of hydrogen-bond acceptors (Lipinski definition) is 3. The Morgan fingerprint density at radius 1 is 0.900 bits per heavy atom. The molecule has 0 N–H and O–H groups in total. The van der Waals surface area contributed by atoms with Gasteiger partial charge in [0.25, 0.3) is 5.91 Å². The first-order valence-corrected chi connectivity index (χ1v) is 6.60. The second-order valence-electron chi connectivity index (χ2n) is 5.01. The van der Waals surface area contributed by atoms with Crippen LogP contribution in [0.25, 0.3) is 0 Å². The van der Waals surface area contributed by atoms with Crippen LogP contribution < -0.4 is 0 Å². The minimum atomic E-state index is -0.639. The molecule has 2 unspecified atom stereocenters. The van der Waals surface area contributed by atoms with E-state index in [2.05, 4.69) is 0 Å². The maximum atomic E-state index is 12.5. The highest BCUT2D eigenvalue weighted by atomic mass is 17.2. The third kappa shape index (κ3) is 1.66. The maximum Gasteiger partial charge on any atom is 0.262 e. The molecule has 0 radical (unpaired) electrons. The molecular formula is C16H13NO3. The second kappa shape index (κ2) is 4.44. The Kier molecular flexibility index (Phi) is 2.58. The molecule has 20 heavy (non-hydrogen) atoms. The van der Waals surface area contributed by atoms with Crippen molar-refractivity contribution in [3.63, 3.8) is 0 Å². The third-order valence-electron chi connectivity index (χ3n) is 3.77. The highest BCUT2D eigenvalue weighted by Crippen LogP contribution is 2.44. The number of nitrogens with zero attached hydrogens (tertiary/aromatic N) is 1. The molecule has 100 valence electrons. The summed E-state index contributed by atoms with van der Waals surface area (Å²) < 4.78 is 0.